The zero-order valence-electron chi connectivity index (χ0n) is 11.9. The largest absolute Gasteiger partial charge is 0.489 e. The molecule has 0 amide bonds. The summed E-state index contributed by atoms with van der Waals surface area (Å²) in [5.74, 6) is 6.85. The smallest absolute Gasteiger partial charge is 0.120 e. The van der Waals surface area contributed by atoms with Crippen molar-refractivity contribution in [3.63, 3.8) is 0 Å². The van der Waals surface area contributed by atoms with E-state index in [1.54, 1.807) is 0 Å². The summed E-state index contributed by atoms with van der Waals surface area (Å²) in [6, 6.07) is 14.2. The molecule has 102 valence electrons. The standard InChI is InChI=1S/C18H19NO/c1-14-10-15(2)12-18(11-14)20-13-17-7-4-3-6-16(17)8-5-9-19/h3-4,6-7,10-12H,9,13,19H2,1-2H3. The molecule has 2 aromatic rings. The molecule has 0 unspecified atom stereocenters. The van der Waals surface area contributed by atoms with Gasteiger partial charge in [0.05, 0.1) is 6.54 Å². The number of nitrogens with two attached hydrogens (primary N) is 1. The van der Waals surface area contributed by atoms with Crippen molar-refractivity contribution in [3.8, 4) is 17.6 Å². The van der Waals surface area contributed by atoms with Crippen molar-refractivity contribution >= 4 is 0 Å². The highest BCUT2D eigenvalue weighted by Crippen LogP contribution is 2.18. The minimum atomic E-state index is 0.367. The third kappa shape index (κ3) is 3.88. The molecule has 2 aromatic carbocycles. The second kappa shape index (κ2) is 6.79. The normalized spacial score (nSPS) is 9.75. The third-order valence-electron chi connectivity index (χ3n) is 2.93. The first kappa shape index (κ1) is 14.2. The van der Waals surface area contributed by atoms with Crippen LogP contribution in [0.15, 0.2) is 42.5 Å². The summed E-state index contributed by atoms with van der Waals surface area (Å²) in [6.45, 7) is 5.02. The first-order valence-corrected chi connectivity index (χ1v) is 6.67. The Balaban J connectivity index is 2.14. The van der Waals surface area contributed by atoms with Crippen molar-refractivity contribution in [2.75, 3.05) is 6.54 Å². The molecule has 2 N–H and O–H groups in total. The predicted molar refractivity (Wildman–Crippen MR) is 82.6 cm³/mol. The molecule has 0 aliphatic heterocycles. The van der Waals surface area contributed by atoms with E-state index >= 15 is 0 Å². The molecule has 0 radical (unpaired) electrons. The Labute approximate surface area is 120 Å². The second-order valence-corrected chi connectivity index (χ2v) is 4.78. The van der Waals surface area contributed by atoms with Gasteiger partial charge >= 0.3 is 0 Å². The summed E-state index contributed by atoms with van der Waals surface area (Å²) in [6.07, 6.45) is 0. The highest BCUT2D eigenvalue weighted by molar-refractivity contribution is 5.41. The van der Waals surface area contributed by atoms with Gasteiger partial charge in [0.2, 0.25) is 0 Å². The molecule has 0 fully saturated rings. The van der Waals surface area contributed by atoms with Crippen molar-refractivity contribution in [2.45, 2.75) is 20.5 Å². The lowest BCUT2D eigenvalue weighted by Crippen LogP contribution is -1.99. The van der Waals surface area contributed by atoms with Gasteiger partial charge in [-0.25, -0.2) is 0 Å². The average molecular weight is 265 g/mol. The number of hydrogen-bond donors (Lipinski definition) is 1. The summed E-state index contributed by atoms with van der Waals surface area (Å²) in [5.41, 5.74) is 9.88. The van der Waals surface area contributed by atoms with E-state index in [0.29, 0.717) is 13.2 Å². The molecule has 2 nitrogen and oxygen atoms in total. The number of benzene rings is 2. The number of rotatable bonds is 3. The van der Waals surface area contributed by atoms with Crippen LogP contribution < -0.4 is 10.5 Å². The first-order chi connectivity index (χ1) is 9.69. The van der Waals surface area contributed by atoms with E-state index in [9.17, 15) is 0 Å². The van der Waals surface area contributed by atoms with Crippen molar-refractivity contribution in [2.24, 2.45) is 5.73 Å². The molecular weight excluding hydrogens is 246 g/mol. The van der Waals surface area contributed by atoms with E-state index in [-0.39, 0.29) is 0 Å². The van der Waals surface area contributed by atoms with Gasteiger partial charge in [0.1, 0.15) is 12.4 Å². The Morgan fingerprint density at radius 2 is 1.75 bits per heavy atom. The maximum absolute atomic E-state index is 5.88. The fraction of sp³-hybridized carbons (Fsp3) is 0.222. The van der Waals surface area contributed by atoms with Gasteiger partial charge < -0.3 is 10.5 Å². The molecule has 0 aliphatic carbocycles. The molecule has 0 atom stereocenters. The van der Waals surface area contributed by atoms with Crippen molar-refractivity contribution < 1.29 is 4.74 Å². The Kier molecular flexibility index (Phi) is 4.81. The number of hydrogen-bond acceptors (Lipinski definition) is 2. The zero-order chi connectivity index (χ0) is 14.4. The molecule has 2 rings (SSSR count). The van der Waals surface area contributed by atoms with Crippen LogP contribution in [0.5, 0.6) is 5.75 Å². The van der Waals surface area contributed by atoms with Crippen LogP contribution in [-0.4, -0.2) is 6.54 Å². The van der Waals surface area contributed by atoms with Gasteiger partial charge in [-0.15, -0.1) is 0 Å². The molecule has 0 bridgehead atoms. The van der Waals surface area contributed by atoms with Gasteiger partial charge in [-0.05, 0) is 43.2 Å². The van der Waals surface area contributed by atoms with E-state index < -0.39 is 0 Å². The topological polar surface area (TPSA) is 35.2 Å². The summed E-state index contributed by atoms with van der Waals surface area (Å²) in [4.78, 5) is 0. The molecule has 0 spiro atoms. The van der Waals surface area contributed by atoms with Gasteiger partial charge in [-0.3, -0.25) is 0 Å². The van der Waals surface area contributed by atoms with Crippen LogP contribution in [0.25, 0.3) is 0 Å². The van der Waals surface area contributed by atoms with Crippen molar-refractivity contribution in [1.29, 1.82) is 0 Å². The SMILES string of the molecule is Cc1cc(C)cc(OCc2ccccc2C#CCN)c1. The molecule has 0 saturated carbocycles. The fourth-order valence-corrected chi connectivity index (χ4v) is 2.09. The van der Waals surface area contributed by atoms with E-state index in [2.05, 4.69) is 31.8 Å². The lowest BCUT2D eigenvalue weighted by Gasteiger charge is -2.09. The molecule has 2 heteroatoms. The Morgan fingerprint density at radius 1 is 1.05 bits per heavy atom. The molecular formula is C18H19NO. The van der Waals surface area contributed by atoms with E-state index in [0.717, 1.165) is 16.9 Å². The monoisotopic (exact) mass is 265 g/mol. The minimum Gasteiger partial charge on any atom is -0.489 e. The van der Waals surface area contributed by atoms with Crippen LogP contribution >= 0.6 is 0 Å². The Bertz CT molecular complexity index is 630. The van der Waals surface area contributed by atoms with E-state index in [1.165, 1.54) is 11.1 Å². The van der Waals surface area contributed by atoms with E-state index in [1.807, 2.05) is 36.4 Å². The molecule has 0 aromatic heterocycles. The summed E-state index contributed by atoms with van der Waals surface area (Å²) in [5, 5.41) is 0. The Hall–Kier alpha value is -2.24. The van der Waals surface area contributed by atoms with Gasteiger partial charge in [0.25, 0.3) is 0 Å². The van der Waals surface area contributed by atoms with Crippen LogP contribution in [0, 0.1) is 25.7 Å². The van der Waals surface area contributed by atoms with Gasteiger partial charge in [0, 0.05) is 11.1 Å². The van der Waals surface area contributed by atoms with Crippen LogP contribution in [-0.2, 0) is 6.61 Å². The van der Waals surface area contributed by atoms with Crippen molar-refractivity contribution in [1.82, 2.24) is 0 Å². The highest BCUT2D eigenvalue weighted by atomic mass is 16.5. The minimum absolute atomic E-state index is 0.367. The number of ether oxygens (including phenoxy) is 1. The lowest BCUT2D eigenvalue weighted by molar-refractivity contribution is 0.305. The fourth-order valence-electron chi connectivity index (χ4n) is 2.09. The first-order valence-electron chi connectivity index (χ1n) is 6.67. The third-order valence-corrected chi connectivity index (χ3v) is 2.93. The zero-order valence-corrected chi connectivity index (χ0v) is 11.9. The summed E-state index contributed by atoms with van der Waals surface area (Å²) >= 11 is 0. The second-order valence-electron chi connectivity index (χ2n) is 4.78. The molecule has 0 aliphatic rings. The Morgan fingerprint density at radius 3 is 2.45 bits per heavy atom. The summed E-state index contributed by atoms with van der Waals surface area (Å²) in [7, 11) is 0. The summed E-state index contributed by atoms with van der Waals surface area (Å²) < 4.78 is 5.88. The quantitative estimate of drug-likeness (QED) is 0.865. The maximum Gasteiger partial charge on any atom is 0.120 e. The van der Waals surface area contributed by atoms with Crippen LogP contribution in [0.3, 0.4) is 0 Å². The molecule has 0 heterocycles. The van der Waals surface area contributed by atoms with Crippen molar-refractivity contribution in [3.05, 3.63) is 64.7 Å². The maximum atomic E-state index is 5.88. The number of aryl methyl sites for hydroxylation is 2. The van der Waals surface area contributed by atoms with Gasteiger partial charge in [-0.1, -0.05) is 36.1 Å². The van der Waals surface area contributed by atoms with E-state index in [4.69, 9.17) is 10.5 Å². The highest BCUT2D eigenvalue weighted by Gasteiger charge is 2.02. The predicted octanol–water partition coefficient (Wildman–Crippen LogP) is 3.19. The van der Waals surface area contributed by atoms with Gasteiger partial charge in [0.15, 0.2) is 0 Å². The molecule has 20 heavy (non-hydrogen) atoms. The molecule has 0 saturated heterocycles. The van der Waals surface area contributed by atoms with Crippen LogP contribution in [0.1, 0.15) is 22.3 Å². The van der Waals surface area contributed by atoms with Gasteiger partial charge in [-0.2, -0.15) is 0 Å². The van der Waals surface area contributed by atoms with Crippen LogP contribution in [0.2, 0.25) is 0 Å². The average Bonchev–Trinajstić information content (AvgIpc) is 2.43. The lowest BCUT2D eigenvalue weighted by atomic mass is 10.1. The van der Waals surface area contributed by atoms with Crippen LogP contribution in [0.4, 0.5) is 0 Å².